The van der Waals surface area contributed by atoms with Crippen molar-refractivity contribution in [3.8, 4) is 0 Å². The minimum atomic E-state index is -0.147. The van der Waals surface area contributed by atoms with E-state index in [2.05, 4.69) is 17.1 Å². The molecule has 1 aliphatic rings. The van der Waals surface area contributed by atoms with Crippen LogP contribution in [0, 0.1) is 12.8 Å². The van der Waals surface area contributed by atoms with Gasteiger partial charge < -0.3 is 11.1 Å². The van der Waals surface area contributed by atoms with E-state index in [9.17, 15) is 4.79 Å². The van der Waals surface area contributed by atoms with Gasteiger partial charge in [0.25, 0.3) is 0 Å². The van der Waals surface area contributed by atoms with Crippen LogP contribution in [-0.2, 0) is 4.79 Å². The van der Waals surface area contributed by atoms with Crippen LogP contribution >= 0.6 is 0 Å². The van der Waals surface area contributed by atoms with Gasteiger partial charge in [0, 0.05) is 17.4 Å². The molecule has 4 heteroatoms. The SMILES string of the molecule is Cc1ccc(N)cc1NC(=O)C(C)N(C)C(C)C1CC1. The fourth-order valence-corrected chi connectivity index (χ4v) is 2.46. The summed E-state index contributed by atoms with van der Waals surface area (Å²) in [6.45, 7) is 6.12. The predicted molar refractivity (Wildman–Crippen MR) is 83.6 cm³/mol. The van der Waals surface area contributed by atoms with Crippen LogP contribution in [0.2, 0.25) is 0 Å². The van der Waals surface area contributed by atoms with Crippen molar-refractivity contribution < 1.29 is 4.79 Å². The largest absolute Gasteiger partial charge is 0.399 e. The Morgan fingerprint density at radius 3 is 2.65 bits per heavy atom. The first-order valence-corrected chi connectivity index (χ1v) is 7.29. The number of rotatable bonds is 5. The molecule has 0 bridgehead atoms. The fraction of sp³-hybridized carbons (Fsp3) is 0.562. The second-order valence-corrected chi connectivity index (χ2v) is 5.98. The van der Waals surface area contributed by atoms with E-state index in [4.69, 9.17) is 5.73 Å². The molecule has 0 saturated heterocycles. The molecule has 1 amide bonds. The lowest BCUT2D eigenvalue weighted by atomic mass is 10.1. The Bertz CT molecular complexity index is 496. The number of hydrogen-bond donors (Lipinski definition) is 2. The Morgan fingerprint density at radius 1 is 1.40 bits per heavy atom. The summed E-state index contributed by atoms with van der Waals surface area (Å²) in [4.78, 5) is 14.5. The average Bonchev–Trinajstić information content (AvgIpc) is 3.24. The van der Waals surface area contributed by atoms with Gasteiger partial charge in [-0.3, -0.25) is 9.69 Å². The molecule has 110 valence electrons. The number of likely N-dealkylation sites (N-methyl/N-ethyl adjacent to an activating group) is 1. The second kappa shape index (κ2) is 5.83. The van der Waals surface area contributed by atoms with Crippen molar-refractivity contribution in [2.24, 2.45) is 5.92 Å². The molecule has 20 heavy (non-hydrogen) atoms. The van der Waals surface area contributed by atoms with Gasteiger partial charge >= 0.3 is 0 Å². The highest BCUT2D eigenvalue weighted by molar-refractivity contribution is 5.95. The normalized spacial score (nSPS) is 17.9. The van der Waals surface area contributed by atoms with Crippen LogP contribution < -0.4 is 11.1 Å². The summed E-state index contributed by atoms with van der Waals surface area (Å²) in [7, 11) is 2.03. The molecule has 1 fully saturated rings. The molecule has 4 nitrogen and oxygen atoms in total. The van der Waals surface area contributed by atoms with Crippen molar-refractivity contribution >= 4 is 17.3 Å². The van der Waals surface area contributed by atoms with Gasteiger partial charge in [-0.25, -0.2) is 0 Å². The average molecular weight is 275 g/mol. The minimum absolute atomic E-state index is 0.0219. The lowest BCUT2D eigenvalue weighted by molar-refractivity contribution is -0.121. The molecular formula is C16H25N3O. The number of benzene rings is 1. The van der Waals surface area contributed by atoms with Crippen molar-refractivity contribution in [3.05, 3.63) is 23.8 Å². The third kappa shape index (κ3) is 3.31. The summed E-state index contributed by atoms with van der Waals surface area (Å²) in [6.07, 6.45) is 2.57. The number of anilines is 2. The van der Waals surface area contributed by atoms with Crippen molar-refractivity contribution in [1.82, 2.24) is 4.90 Å². The number of hydrogen-bond acceptors (Lipinski definition) is 3. The van der Waals surface area contributed by atoms with Crippen molar-refractivity contribution in [2.75, 3.05) is 18.1 Å². The van der Waals surface area contributed by atoms with Crippen molar-refractivity contribution in [3.63, 3.8) is 0 Å². The molecule has 1 aromatic carbocycles. The van der Waals surface area contributed by atoms with Crippen LogP contribution in [0.15, 0.2) is 18.2 Å². The van der Waals surface area contributed by atoms with Gasteiger partial charge in [-0.1, -0.05) is 6.07 Å². The van der Waals surface area contributed by atoms with Gasteiger partial charge in [-0.15, -0.1) is 0 Å². The maximum Gasteiger partial charge on any atom is 0.241 e. The summed E-state index contributed by atoms with van der Waals surface area (Å²) in [6, 6.07) is 5.88. The zero-order valence-electron chi connectivity index (χ0n) is 12.8. The van der Waals surface area contributed by atoms with E-state index in [1.807, 2.05) is 39.1 Å². The maximum atomic E-state index is 12.4. The molecule has 1 aliphatic carbocycles. The maximum absolute atomic E-state index is 12.4. The topological polar surface area (TPSA) is 58.4 Å². The van der Waals surface area contributed by atoms with Crippen LogP contribution in [0.5, 0.6) is 0 Å². The molecule has 2 rings (SSSR count). The van der Waals surface area contributed by atoms with Gasteiger partial charge in [0.1, 0.15) is 0 Å². The van der Waals surface area contributed by atoms with E-state index >= 15 is 0 Å². The Labute approximate surface area is 121 Å². The molecule has 0 spiro atoms. The molecule has 0 aliphatic heterocycles. The summed E-state index contributed by atoms with van der Waals surface area (Å²) < 4.78 is 0. The summed E-state index contributed by atoms with van der Waals surface area (Å²) in [5, 5.41) is 2.99. The first-order valence-electron chi connectivity index (χ1n) is 7.29. The van der Waals surface area contributed by atoms with E-state index in [0.717, 1.165) is 17.2 Å². The second-order valence-electron chi connectivity index (χ2n) is 5.98. The quantitative estimate of drug-likeness (QED) is 0.812. The Hall–Kier alpha value is -1.55. The van der Waals surface area contributed by atoms with E-state index in [-0.39, 0.29) is 11.9 Å². The number of nitrogen functional groups attached to an aromatic ring is 1. The van der Waals surface area contributed by atoms with Gasteiger partial charge in [-0.2, -0.15) is 0 Å². The van der Waals surface area contributed by atoms with Crippen molar-refractivity contribution in [1.29, 1.82) is 0 Å². The van der Waals surface area contributed by atoms with Gasteiger partial charge in [0.15, 0.2) is 0 Å². The van der Waals surface area contributed by atoms with Gasteiger partial charge in [0.05, 0.1) is 6.04 Å². The lowest BCUT2D eigenvalue weighted by Crippen LogP contribution is -2.45. The third-order valence-corrected chi connectivity index (χ3v) is 4.46. The highest BCUT2D eigenvalue weighted by atomic mass is 16.2. The van der Waals surface area contributed by atoms with E-state index in [1.54, 1.807) is 0 Å². The van der Waals surface area contributed by atoms with Crippen molar-refractivity contribution in [2.45, 2.75) is 45.7 Å². The zero-order valence-corrected chi connectivity index (χ0v) is 12.8. The number of carbonyl (C=O) groups is 1. The van der Waals surface area contributed by atoms with E-state index in [1.165, 1.54) is 12.8 Å². The summed E-state index contributed by atoms with van der Waals surface area (Å²) in [5.41, 5.74) is 8.26. The minimum Gasteiger partial charge on any atom is -0.399 e. The van der Waals surface area contributed by atoms with Crippen LogP contribution in [0.1, 0.15) is 32.3 Å². The number of nitrogens with one attached hydrogen (secondary N) is 1. The molecule has 2 atom stereocenters. The monoisotopic (exact) mass is 275 g/mol. The summed E-state index contributed by atoms with van der Waals surface area (Å²) in [5.74, 6) is 0.776. The smallest absolute Gasteiger partial charge is 0.241 e. The lowest BCUT2D eigenvalue weighted by Gasteiger charge is -2.30. The number of carbonyl (C=O) groups excluding carboxylic acids is 1. The first kappa shape index (κ1) is 14.9. The summed E-state index contributed by atoms with van der Waals surface area (Å²) >= 11 is 0. The van der Waals surface area contributed by atoms with Crippen LogP contribution in [0.3, 0.4) is 0 Å². The molecular weight excluding hydrogens is 250 g/mol. The van der Waals surface area contributed by atoms with Gasteiger partial charge in [0.2, 0.25) is 5.91 Å². The highest BCUT2D eigenvalue weighted by Gasteiger charge is 2.33. The fourth-order valence-electron chi connectivity index (χ4n) is 2.46. The van der Waals surface area contributed by atoms with Crippen LogP contribution in [-0.4, -0.2) is 29.9 Å². The molecule has 3 N–H and O–H groups in total. The van der Waals surface area contributed by atoms with Gasteiger partial charge in [-0.05, 0) is 64.3 Å². The van der Waals surface area contributed by atoms with E-state index in [0.29, 0.717) is 11.7 Å². The predicted octanol–water partition coefficient (Wildman–Crippen LogP) is 2.63. The number of nitrogens with zero attached hydrogens (tertiary/aromatic N) is 1. The molecule has 0 radical (unpaired) electrons. The van der Waals surface area contributed by atoms with E-state index < -0.39 is 0 Å². The Kier molecular flexibility index (Phi) is 4.33. The Morgan fingerprint density at radius 2 is 2.05 bits per heavy atom. The standard InChI is InChI=1S/C16H25N3O/c1-10-5-8-14(17)9-15(10)18-16(20)12(3)19(4)11(2)13-6-7-13/h5,8-9,11-13H,6-7,17H2,1-4H3,(H,18,20). The van der Waals surface area contributed by atoms with Crippen LogP contribution in [0.25, 0.3) is 0 Å². The molecule has 1 aromatic rings. The molecule has 1 saturated carbocycles. The van der Waals surface area contributed by atoms with Crippen LogP contribution in [0.4, 0.5) is 11.4 Å². The Balaban J connectivity index is 2.01. The molecule has 2 unspecified atom stereocenters. The zero-order chi connectivity index (χ0) is 14.9. The first-order chi connectivity index (χ1) is 9.40. The number of amides is 1. The number of nitrogens with two attached hydrogens (primary N) is 1. The third-order valence-electron chi connectivity index (χ3n) is 4.46. The number of aryl methyl sites for hydroxylation is 1. The molecule has 0 aromatic heterocycles. The highest BCUT2D eigenvalue weighted by Crippen LogP contribution is 2.35. The molecule has 0 heterocycles.